The third kappa shape index (κ3) is 3.11. The maximum atomic E-state index is 14.6. The van der Waals surface area contributed by atoms with E-state index in [2.05, 4.69) is 4.98 Å². The van der Waals surface area contributed by atoms with Crippen molar-refractivity contribution in [3.63, 3.8) is 0 Å². The maximum absolute atomic E-state index is 14.6. The molecule has 29 heavy (non-hydrogen) atoms. The molecule has 4 nitrogen and oxygen atoms in total. The molecule has 0 saturated carbocycles. The minimum absolute atomic E-state index is 0.195. The molecule has 0 fully saturated rings. The number of halogens is 1. The summed E-state index contributed by atoms with van der Waals surface area (Å²) in [6.45, 7) is 0. The topological polar surface area (TPSA) is 50.7 Å². The van der Waals surface area contributed by atoms with Crippen molar-refractivity contribution in [2.24, 2.45) is 0 Å². The van der Waals surface area contributed by atoms with Gasteiger partial charge in [-0.2, -0.15) is 0 Å². The first-order valence-corrected chi connectivity index (χ1v) is 10.2. The highest BCUT2D eigenvalue weighted by Gasteiger charge is 2.18. The van der Waals surface area contributed by atoms with Crippen LogP contribution in [0.5, 0.6) is 0 Å². The van der Waals surface area contributed by atoms with E-state index < -0.39 is 5.82 Å². The van der Waals surface area contributed by atoms with E-state index in [0.29, 0.717) is 21.9 Å². The maximum Gasteiger partial charge on any atom is 0.283 e. The highest BCUT2D eigenvalue weighted by atomic mass is 32.2. The minimum Gasteiger partial charge on any atom is -0.349 e. The molecule has 0 radical (unpaired) electrons. The van der Waals surface area contributed by atoms with Crippen LogP contribution in [0.1, 0.15) is 5.56 Å². The van der Waals surface area contributed by atoms with Gasteiger partial charge in [-0.1, -0.05) is 72.4 Å². The van der Waals surface area contributed by atoms with Crippen molar-refractivity contribution in [2.45, 2.75) is 10.9 Å². The van der Waals surface area contributed by atoms with Crippen molar-refractivity contribution in [3.8, 4) is 5.69 Å². The molecule has 0 bridgehead atoms. The molecule has 5 aromatic rings. The van der Waals surface area contributed by atoms with Crippen LogP contribution < -0.4 is 5.56 Å². The van der Waals surface area contributed by atoms with Crippen LogP contribution in [-0.4, -0.2) is 14.5 Å². The van der Waals surface area contributed by atoms with Gasteiger partial charge in [-0.25, -0.2) is 9.37 Å². The summed E-state index contributed by atoms with van der Waals surface area (Å²) in [4.78, 5) is 21.3. The summed E-state index contributed by atoms with van der Waals surface area (Å²) in [6.07, 6.45) is 0. The number of hydrogen-bond donors (Lipinski definition) is 1. The first-order chi connectivity index (χ1) is 14.2. The van der Waals surface area contributed by atoms with E-state index in [1.54, 1.807) is 18.2 Å². The number of rotatable bonds is 4. The number of aromatic amines is 1. The Morgan fingerprint density at radius 2 is 1.66 bits per heavy atom. The first kappa shape index (κ1) is 17.7. The molecule has 2 heterocycles. The number of nitrogens with one attached hydrogen (secondary N) is 1. The van der Waals surface area contributed by atoms with Gasteiger partial charge in [-0.15, -0.1) is 0 Å². The Kier molecular flexibility index (Phi) is 4.41. The average Bonchev–Trinajstić information content (AvgIpc) is 3.13. The smallest absolute Gasteiger partial charge is 0.283 e. The normalized spacial score (nSPS) is 11.3. The largest absolute Gasteiger partial charge is 0.349 e. The van der Waals surface area contributed by atoms with Gasteiger partial charge in [0.05, 0.1) is 5.69 Å². The average molecular weight is 401 g/mol. The lowest BCUT2D eigenvalue weighted by Crippen LogP contribution is -2.22. The van der Waals surface area contributed by atoms with Gasteiger partial charge in [0.25, 0.3) is 5.56 Å². The van der Waals surface area contributed by atoms with Crippen molar-refractivity contribution in [1.29, 1.82) is 0 Å². The molecule has 3 aromatic carbocycles. The van der Waals surface area contributed by atoms with Crippen LogP contribution in [0.4, 0.5) is 4.39 Å². The lowest BCUT2D eigenvalue weighted by Gasteiger charge is -2.13. The van der Waals surface area contributed by atoms with E-state index in [9.17, 15) is 9.18 Å². The number of H-pyrrole nitrogens is 1. The zero-order chi connectivity index (χ0) is 19.8. The zero-order valence-corrected chi connectivity index (χ0v) is 16.1. The Bertz CT molecular complexity index is 1390. The second-order valence-corrected chi connectivity index (χ2v) is 7.60. The molecule has 5 rings (SSSR count). The van der Waals surface area contributed by atoms with E-state index in [1.807, 2.05) is 54.6 Å². The fourth-order valence-corrected chi connectivity index (χ4v) is 4.36. The highest BCUT2D eigenvalue weighted by molar-refractivity contribution is 7.98. The molecular formula is C23H16FN3OS. The van der Waals surface area contributed by atoms with Crippen molar-refractivity contribution in [1.82, 2.24) is 14.5 Å². The van der Waals surface area contributed by atoms with Gasteiger partial charge < -0.3 is 4.98 Å². The SMILES string of the molecule is O=c1c2[nH]c3ccccc3c2nc(SCc2ccccc2)n1-c1ccccc1F. The quantitative estimate of drug-likeness (QED) is 0.328. The molecule has 142 valence electrons. The van der Waals surface area contributed by atoms with Gasteiger partial charge in [0.2, 0.25) is 0 Å². The van der Waals surface area contributed by atoms with E-state index in [4.69, 9.17) is 4.98 Å². The first-order valence-electron chi connectivity index (χ1n) is 9.17. The summed E-state index contributed by atoms with van der Waals surface area (Å²) in [6, 6.07) is 23.8. The number of nitrogens with zero attached hydrogens (tertiary/aromatic N) is 2. The van der Waals surface area contributed by atoms with E-state index in [0.717, 1.165) is 16.5 Å². The highest BCUT2D eigenvalue weighted by Crippen LogP contribution is 2.28. The predicted octanol–water partition coefficient (Wildman–Crippen LogP) is 5.30. The summed E-state index contributed by atoms with van der Waals surface area (Å²) in [5.41, 5.74) is 2.79. The number of thioether (sulfide) groups is 1. The number of benzene rings is 3. The molecule has 0 amide bonds. The molecule has 6 heteroatoms. The fourth-order valence-electron chi connectivity index (χ4n) is 3.41. The lowest BCUT2D eigenvalue weighted by molar-refractivity contribution is 0.608. The molecular weight excluding hydrogens is 385 g/mol. The molecule has 0 aliphatic heterocycles. The van der Waals surface area contributed by atoms with Crippen molar-refractivity contribution in [3.05, 3.63) is 101 Å². The Labute approximate surface area is 170 Å². The summed E-state index contributed by atoms with van der Waals surface area (Å²) in [7, 11) is 0. The Balaban J connectivity index is 1.75. The van der Waals surface area contributed by atoms with Gasteiger partial charge in [0.1, 0.15) is 16.9 Å². The molecule has 0 atom stereocenters. The van der Waals surface area contributed by atoms with Gasteiger partial charge in [0, 0.05) is 16.7 Å². The Morgan fingerprint density at radius 3 is 2.48 bits per heavy atom. The summed E-state index contributed by atoms with van der Waals surface area (Å²) in [5.74, 6) is 0.156. The van der Waals surface area contributed by atoms with Gasteiger partial charge in [0.15, 0.2) is 5.16 Å². The van der Waals surface area contributed by atoms with Crippen molar-refractivity contribution < 1.29 is 4.39 Å². The van der Waals surface area contributed by atoms with Gasteiger partial charge in [-0.05, 0) is 23.8 Å². The third-order valence-electron chi connectivity index (χ3n) is 4.80. The number of para-hydroxylation sites is 2. The number of fused-ring (bicyclic) bond motifs is 3. The van der Waals surface area contributed by atoms with Crippen molar-refractivity contribution >= 4 is 33.7 Å². The Morgan fingerprint density at radius 1 is 0.931 bits per heavy atom. The van der Waals surface area contributed by atoms with Crippen LogP contribution in [-0.2, 0) is 5.75 Å². The molecule has 0 aliphatic carbocycles. The molecule has 0 unspecified atom stereocenters. The summed E-state index contributed by atoms with van der Waals surface area (Å²) in [5, 5.41) is 1.34. The van der Waals surface area contributed by atoms with Gasteiger partial charge in [-0.3, -0.25) is 9.36 Å². The van der Waals surface area contributed by atoms with Crippen molar-refractivity contribution in [2.75, 3.05) is 0 Å². The molecule has 0 aliphatic rings. The van der Waals surface area contributed by atoms with Crippen LogP contribution in [0.25, 0.3) is 27.6 Å². The number of hydrogen-bond acceptors (Lipinski definition) is 3. The van der Waals surface area contributed by atoms with Crippen LogP contribution in [0.15, 0.2) is 88.8 Å². The molecule has 0 spiro atoms. The summed E-state index contributed by atoms with van der Waals surface area (Å²) >= 11 is 1.42. The second-order valence-electron chi connectivity index (χ2n) is 6.65. The van der Waals surface area contributed by atoms with E-state index >= 15 is 0 Å². The third-order valence-corrected chi connectivity index (χ3v) is 5.81. The monoisotopic (exact) mass is 401 g/mol. The Hall–Kier alpha value is -3.38. The minimum atomic E-state index is -0.464. The summed E-state index contributed by atoms with van der Waals surface area (Å²) < 4.78 is 16.0. The fraction of sp³-hybridized carbons (Fsp3) is 0.0435. The van der Waals surface area contributed by atoms with E-state index in [-0.39, 0.29) is 11.2 Å². The van der Waals surface area contributed by atoms with Gasteiger partial charge >= 0.3 is 0 Å². The van der Waals surface area contributed by atoms with Crippen LogP contribution in [0, 0.1) is 5.82 Å². The standard InChI is InChI=1S/C23H16FN3OS/c24-17-11-5-7-13-19(17)27-22(28)21-20(16-10-4-6-12-18(16)25-21)26-23(27)29-14-15-8-2-1-3-9-15/h1-13,25H,14H2. The second kappa shape index (κ2) is 7.22. The molecule has 0 saturated heterocycles. The van der Waals surface area contributed by atoms with Crippen LogP contribution in [0.2, 0.25) is 0 Å². The zero-order valence-electron chi connectivity index (χ0n) is 15.3. The predicted molar refractivity (Wildman–Crippen MR) is 115 cm³/mol. The molecule has 2 aromatic heterocycles. The lowest BCUT2D eigenvalue weighted by atomic mass is 10.2. The van der Waals surface area contributed by atoms with E-state index in [1.165, 1.54) is 22.4 Å². The van der Waals surface area contributed by atoms with Crippen LogP contribution in [0.3, 0.4) is 0 Å². The molecule has 1 N–H and O–H groups in total. The number of aromatic nitrogens is 3. The van der Waals surface area contributed by atoms with Crippen LogP contribution >= 0.6 is 11.8 Å².